The fourth-order valence-electron chi connectivity index (χ4n) is 2.14. The number of nitrogens with two attached hydrogens (primary N) is 1. The molecule has 1 aliphatic carbocycles. The first-order valence-electron chi connectivity index (χ1n) is 5.55. The van der Waals surface area contributed by atoms with Gasteiger partial charge in [0.1, 0.15) is 11.8 Å². The van der Waals surface area contributed by atoms with Gasteiger partial charge in [-0.25, -0.2) is 15.0 Å². The number of imidazole rings is 1. The quantitative estimate of drug-likeness (QED) is 0.704. The molecule has 6 heteroatoms. The molecule has 0 spiro atoms. The maximum atomic E-state index is 9.42. The van der Waals surface area contributed by atoms with Crippen LogP contribution in [-0.2, 0) is 0 Å². The molecular weight excluding hydrogens is 218 g/mol. The highest BCUT2D eigenvalue weighted by molar-refractivity contribution is 5.81. The second-order valence-corrected chi connectivity index (χ2v) is 4.18. The lowest BCUT2D eigenvalue weighted by atomic mass is 10.0. The van der Waals surface area contributed by atoms with Crippen molar-refractivity contribution in [2.24, 2.45) is 0 Å². The lowest BCUT2D eigenvalue weighted by Crippen LogP contribution is -2.15. The Labute approximate surface area is 97.8 Å². The van der Waals surface area contributed by atoms with Crippen LogP contribution in [0.1, 0.15) is 18.9 Å². The van der Waals surface area contributed by atoms with Crippen LogP contribution in [0.15, 0.2) is 24.8 Å². The minimum Gasteiger partial charge on any atom is -0.389 e. The average Bonchev–Trinajstić information content (AvgIpc) is 2.75. The first-order chi connectivity index (χ1) is 8.25. The van der Waals surface area contributed by atoms with Crippen LogP contribution < -0.4 is 5.73 Å². The fourth-order valence-corrected chi connectivity index (χ4v) is 2.14. The lowest BCUT2D eigenvalue weighted by Gasteiger charge is -2.20. The third kappa shape index (κ3) is 1.66. The monoisotopic (exact) mass is 231 g/mol. The first kappa shape index (κ1) is 10.2. The number of aliphatic hydroxyl groups is 1. The van der Waals surface area contributed by atoms with Crippen molar-refractivity contribution in [3.63, 3.8) is 0 Å². The highest BCUT2D eigenvalue weighted by atomic mass is 16.3. The standard InChI is InChI=1S/C11H13N5O/c12-10-9-11(14-5-13-10)16(6-15-9)7-1-3-8(17)4-2-7/h1,3,5-8,17H,2,4H2,(H2,12,13,14)/t7-,8+/m1/s1. The molecule has 0 radical (unpaired) electrons. The number of nitrogen functional groups attached to an aromatic ring is 1. The van der Waals surface area contributed by atoms with Crippen LogP contribution in [0.25, 0.3) is 11.2 Å². The summed E-state index contributed by atoms with van der Waals surface area (Å²) in [7, 11) is 0. The average molecular weight is 231 g/mol. The molecule has 0 aliphatic heterocycles. The van der Waals surface area contributed by atoms with Gasteiger partial charge < -0.3 is 15.4 Å². The van der Waals surface area contributed by atoms with Crippen LogP contribution in [0.3, 0.4) is 0 Å². The molecule has 2 atom stereocenters. The molecular formula is C11H13N5O. The van der Waals surface area contributed by atoms with Gasteiger partial charge in [-0.3, -0.25) is 0 Å². The molecule has 17 heavy (non-hydrogen) atoms. The minimum atomic E-state index is -0.333. The number of aromatic nitrogens is 4. The molecule has 88 valence electrons. The Bertz CT molecular complexity index is 576. The molecule has 2 aromatic rings. The topological polar surface area (TPSA) is 89.9 Å². The zero-order valence-electron chi connectivity index (χ0n) is 9.19. The van der Waals surface area contributed by atoms with Gasteiger partial charge in [-0.2, -0.15) is 0 Å². The smallest absolute Gasteiger partial charge is 0.165 e. The molecule has 1 aliphatic rings. The Morgan fingerprint density at radius 2 is 2.12 bits per heavy atom. The van der Waals surface area contributed by atoms with Crippen LogP contribution in [0.4, 0.5) is 5.82 Å². The van der Waals surface area contributed by atoms with E-state index < -0.39 is 0 Å². The summed E-state index contributed by atoms with van der Waals surface area (Å²) in [6.45, 7) is 0. The van der Waals surface area contributed by atoms with Crippen LogP contribution in [0, 0.1) is 0 Å². The van der Waals surface area contributed by atoms with Gasteiger partial charge in [0.15, 0.2) is 11.5 Å². The van der Waals surface area contributed by atoms with Crippen LogP contribution in [0.2, 0.25) is 0 Å². The van der Waals surface area contributed by atoms with E-state index in [1.165, 1.54) is 6.33 Å². The van der Waals surface area contributed by atoms with Crippen molar-refractivity contribution in [3.05, 3.63) is 24.8 Å². The van der Waals surface area contributed by atoms with E-state index in [1.54, 1.807) is 6.33 Å². The SMILES string of the molecule is Nc1ncnc2c1ncn2[C@@H]1C=C[C@H](O)CC1. The summed E-state index contributed by atoms with van der Waals surface area (Å²) in [5.41, 5.74) is 7.11. The summed E-state index contributed by atoms with van der Waals surface area (Å²) < 4.78 is 1.97. The molecule has 3 N–H and O–H groups in total. The van der Waals surface area contributed by atoms with Crippen LogP contribution in [0.5, 0.6) is 0 Å². The van der Waals surface area contributed by atoms with Crippen molar-refractivity contribution < 1.29 is 5.11 Å². The first-order valence-corrected chi connectivity index (χ1v) is 5.55. The number of hydrogen-bond acceptors (Lipinski definition) is 5. The van der Waals surface area contributed by atoms with Gasteiger partial charge in [-0.1, -0.05) is 12.2 Å². The van der Waals surface area contributed by atoms with Crippen molar-refractivity contribution >= 4 is 17.0 Å². The molecule has 0 aromatic carbocycles. The Morgan fingerprint density at radius 3 is 2.88 bits per heavy atom. The predicted octanol–water partition coefficient (Wildman–Crippen LogP) is 0.660. The van der Waals surface area contributed by atoms with Crippen molar-refractivity contribution in [1.29, 1.82) is 0 Å². The molecule has 0 amide bonds. The van der Waals surface area contributed by atoms with Gasteiger partial charge in [0.05, 0.1) is 18.5 Å². The van der Waals surface area contributed by atoms with Gasteiger partial charge in [-0.15, -0.1) is 0 Å². The van der Waals surface area contributed by atoms with Gasteiger partial charge >= 0.3 is 0 Å². The molecule has 6 nitrogen and oxygen atoms in total. The Hall–Kier alpha value is -1.95. The number of hydrogen-bond donors (Lipinski definition) is 2. The second-order valence-electron chi connectivity index (χ2n) is 4.18. The maximum absolute atomic E-state index is 9.42. The summed E-state index contributed by atoms with van der Waals surface area (Å²) in [6.07, 6.45) is 8.24. The van der Waals surface area contributed by atoms with Gasteiger partial charge in [-0.05, 0) is 12.8 Å². The lowest BCUT2D eigenvalue weighted by molar-refractivity contribution is 0.195. The number of nitrogens with zero attached hydrogens (tertiary/aromatic N) is 4. The third-order valence-corrected chi connectivity index (χ3v) is 3.06. The molecule has 0 unspecified atom stereocenters. The van der Waals surface area contributed by atoms with Crippen LogP contribution in [-0.4, -0.2) is 30.7 Å². The van der Waals surface area contributed by atoms with Crippen LogP contribution >= 0.6 is 0 Å². The van der Waals surface area contributed by atoms with E-state index in [0.29, 0.717) is 11.3 Å². The Balaban J connectivity index is 2.07. The van der Waals surface area contributed by atoms with E-state index in [1.807, 2.05) is 16.7 Å². The Morgan fingerprint density at radius 1 is 1.24 bits per heavy atom. The molecule has 0 bridgehead atoms. The number of anilines is 1. The van der Waals surface area contributed by atoms with E-state index in [2.05, 4.69) is 15.0 Å². The second kappa shape index (κ2) is 3.81. The summed E-state index contributed by atoms with van der Waals surface area (Å²) in [5.74, 6) is 0.397. The molecule has 3 rings (SSSR count). The largest absolute Gasteiger partial charge is 0.389 e. The fraction of sp³-hybridized carbons (Fsp3) is 0.364. The number of fused-ring (bicyclic) bond motifs is 1. The van der Waals surface area contributed by atoms with Crippen molar-refractivity contribution in [2.45, 2.75) is 25.0 Å². The normalized spacial score (nSPS) is 24.3. The zero-order valence-corrected chi connectivity index (χ0v) is 9.19. The third-order valence-electron chi connectivity index (χ3n) is 3.06. The molecule has 0 saturated carbocycles. The number of rotatable bonds is 1. The van der Waals surface area contributed by atoms with E-state index in [4.69, 9.17) is 5.73 Å². The van der Waals surface area contributed by atoms with E-state index in [0.717, 1.165) is 18.5 Å². The highest BCUT2D eigenvalue weighted by Gasteiger charge is 2.18. The van der Waals surface area contributed by atoms with Crippen molar-refractivity contribution in [3.8, 4) is 0 Å². The molecule has 0 fully saturated rings. The van der Waals surface area contributed by atoms with E-state index >= 15 is 0 Å². The molecule has 0 saturated heterocycles. The molecule has 2 aromatic heterocycles. The number of aliphatic hydroxyl groups excluding tert-OH is 1. The Kier molecular flexibility index (Phi) is 2.29. The van der Waals surface area contributed by atoms with Gasteiger partial charge in [0.2, 0.25) is 0 Å². The van der Waals surface area contributed by atoms with Gasteiger partial charge in [0.25, 0.3) is 0 Å². The molecule has 2 heterocycles. The number of allylic oxidation sites excluding steroid dienone is 1. The van der Waals surface area contributed by atoms with Gasteiger partial charge in [0, 0.05) is 0 Å². The summed E-state index contributed by atoms with van der Waals surface area (Å²) in [4.78, 5) is 12.3. The zero-order chi connectivity index (χ0) is 11.8. The van der Waals surface area contributed by atoms with Crippen molar-refractivity contribution in [2.75, 3.05) is 5.73 Å². The highest BCUT2D eigenvalue weighted by Crippen LogP contribution is 2.26. The summed E-state index contributed by atoms with van der Waals surface area (Å²) >= 11 is 0. The predicted molar refractivity (Wildman–Crippen MR) is 63.2 cm³/mol. The van der Waals surface area contributed by atoms with Crippen molar-refractivity contribution in [1.82, 2.24) is 19.5 Å². The minimum absolute atomic E-state index is 0.178. The summed E-state index contributed by atoms with van der Waals surface area (Å²) in [6, 6.07) is 0.178. The van der Waals surface area contributed by atoms with E-state index in [-0.39, 0.29) is 12.1 Å². The van der Waals surface area contributed by atoms with E-state index in [9.17, 15) is 5.11 Å². The maximum Gasteiger partial charge on any atom is 0.165 e. The summed E-state index contributed by atoms with van der Waals surface area (Å²) in [5, 5.41) is 9.42.